The van der Waals surface area contributed by atoms with Crippen molar-refractivity contribution in [2.24, 2.45) is 0 Å². The van der Waals surface area contributed by atoms with Crippen LogP contribution in [-0.2, 0) is 444 Å². The van der Waals surface area contributed by atoms with Gasteiger partial charge in [-0.25, -0.2) is 0 Å². The Kier molecular flexibility index (Phi) is 247000. The molecule has 0 aliphatic heterocycles. The van der Waals surface area contributed by atoms with Crippen LogP contribution in [0.15, 0.2) is 0 Å². The molecule has 0 aromatic rings. The maximum Gasteiger partial charge on any atom is 2.00 e. The van der Waals surface area contributed by atoms with Crippen LogP contribution >= 0.6 is 0 Å². The van der Waals surface area contributed by atoms with Crippen molar-refractivity contribution in [3.05, 3.63) is 0 Å². The van der Waals surface area contributed by atoms with Crippen molar-refractivity contribution < 1.29 is 568 Å². The zero-order valence-corrected chi connectivity index (χ0v) is 54.4. The molecule has 0 saturated carbocycles. The smallest absolute Gasteiger partial charge is 2.00 e. The van der Waals surface area contributed by atoms with Crippen LogP contribution in [0.4, 0.5) is 0 Å². The molecule has 0 rings (SSSR count). The molecule has 0 fully saturated rings. The van der Waals surface area contributed by atoms with Crippen molar-refractivity contribution >= 4 is 0 Å². The summed E-state index contributed by atoms with van der Waals surface area (Å²) in [7, 11) is 0. The van der Waals surface area contributed by atoms with Gasteiger partial charge in [0.2, 0.25) is 0 Å². The first-order valence-corrected chi connectivity index (χ1v) is 0. The number of rotatable bonds is 0. The Labute approximate surface area is 558 Å². The van der Waals surface area contributed by atoms with Gasteiger partial charge in [-0.1, -0.05) is 0 Å². The van der Waals surface area contributed by atoms with Crippen LogP contribution in [0.25, 0.3) is 0 Å². The molecule has 0 atom stereocenters. The summed E-state index contributed by atoms with van der Waals surface area (Å²) in [6.07, 6.45) is 0. The van der Waals surface area contributed by atoms with Crippen LogP contribution in [-0.4, -0.2) is 21.9 Å². The molecular weight excluding hydrogens is 1420 g/mol. The summed E-state index contributed by atoms with van der Waals surface area (Å²) >= 11 is 0. The van der Waals surface area contributed by atoms with E-state index in [9.17, 15) is 0 Å². The second-order valence-electron chi connectivity index (χ2n) is 0. The predicted octanol–water partition coefficient (Wildman–Crippen LogP) is -23.7. The van der Waals surface area contributed by atoms with Gasteiger partial charge in [0, 0.05) is 186 Å². The molecule has 0 aliphatic carbocycles. The van der Waals surface area contributed by atoms with Gasteiger partial charge in [-0.2, -0.15) is 0 Å². The van der Waals surface area contributed by atoms with Crippen molar-refractivity contribution in [3.8, 4) is 0 Å². The van der Waals surface area contributed by atoms with E-state index in [0.717, 1.165) is 0 Å². The van der Waals surface area contributed by atoms with E-state index in [2.05, 4.69) is 0 Å². The van der Waals surface area contributed by atoms with Gasteiger partial charge < -0.3 is 241 Å². The number of hydrogen-bond donors (Lipinski definition) is 0. The molecule has 0 amide bonds. The van der Waals surface area contributed by atoms with E-state index in [1.165, 1.54) is 0 Å². The molecule has 58 heteroatoms. The Morgan fingerprint density at radius 3 is 0.103 bits per heavy atom. The topological polar surface area (TPSA) is 1320 Å². The summed E-state index contributed by atoms with van der Waals surface area (Å²) < 4.78 is 0. The minimum absolute atomic E-state index is 0. The normalized spacial score (nSPS) is 0. The van der Waals surface area contributed by atoms with Gasteiger partial charge in [-0.3, -0.25) is 0 Å². The second kappa shape index (κ2) is 3700. The zero-order chi connectivity index (χ0) is 0. The van der Waals surface area contributed by atoms with Gasteiger partial charge in [0.05, 0.1) is 0 Å². The first kappa shape index (κ1) is 3870. The average molecular weight is 1470 g/mol. The molecule has 44 nitrogen and oxygen atoms in total. The molecule has 0 spiro atoms. The molecular formula is H44K2O44V10Zn2-38. The minimum Gasteiger partial charge on any atom is -2.00 e. The molecule has 0 bridgehead atoms. The van der Waals surface area contributed by atoms with E-state index < -0.39 is 0 Å². The maximum atomic E-state index is 0. The van der Waals surface area contributed by atoms with Crippen LogP contribution in [0.1, 0.15) is 0 Å². The molecule has 0 aromatic carbocycles. The van der Waals surface area contributed by atoms with Gasteiger partial charge in [0.15, 0.2) is 0 Å². The minimum atomic E-state index is 0. The Hall–Kier alpha value is 8.60. The summed E-state index contributed by atoms with van der Waals surface area (Å²) in [5.41, 5.74) is 0. The van der Waals surface area contributed by atoms with Gasteiger partial charge in [0.1, 0.15) is 0 Å². The molecule has 0 unspecified atom stereocenters. The largest absolute Gasteiger partial charge is 2.00 e. The number of hydrogen-bond acceptors (Lipinski definition) is 0. The van der Waals surface area contributed by atoms with Crippen LogP contribution < -0.4 is 103 Å². The van der Waals surface area contributed by atoms with E-state index in [0.29, 0.717) is 0 Å². The summed E-state index contributed by atoms with van der Waals surface area (Å²) in [5, 5.41) is 0. The van der Waals surface area contributed by atoms with E-state index in [4.69, 9.17) is 0 Å². The Bertz CT molecular complexity index is 62.3. The zero-order valence-electron chi connectivity index (χ0n) is 28.2. The van der Waals surface area contributed by atoms with Crippen molar-refractivity contribution in [2.45, 2.75) is 0 Å². The van der Waals surface area contributed by atoms with Crippen LogP contribution in [0.5, 0.6) is 0 Å². The summed E-state index contributed by atoms with van der Waals surface area (Å²) in [6.45, 7) is 0. The Morgan fingerprint density at radius 2 is 0.103 bits per heavy atom. The molecule has 10 radical (unpaired) electrons. The Morgan fingerprint density at radius 1 is 0.103 bits per heavy atom. The fourth-order valence-corrected chi connectivity index (χ4v) is 0. The molecule has 0 aromatic heterocycles. The summed E-state index contributed by atoms with van der Waals surface area (Å²) in [4.78, 5) is 0. The molecule has 0 aliphatic rings. The first-order chi connectivity index (χ1) is 0. The second-order valence-corrected chi connectivity index (χ2v) is 0. The van der Waals surface area contributed by atoms with Crippen molar-refractivity contribution in [2.75, 3.05) is 0 Å². The van der Waals surface area contributed by atoms with Gasteiger partial charge in [-0.05, 0) is 0 Å². The van der Waals surface area contributed by atoms with Crippen molar-refractivity contribution in [1.82, 2.24) is 0 Å². The van der Waals surface area contributed by atoms with E-state index in [1.807, 2.05) is 0 Å². The third-order valence-corrected chi connectivity index (χ3v) is 0. The van der Waals surface area contributed by atoms with Gasteiger partial charge in [0.25, 0.3) is 0 Å². The molecule has 0 saturated heterocycles. The van der Waals surface area contributed by atoms with Crippen LogP contribution in [0.2, 0.25) is 0 Å². The van der Waals surface area contributed by atoms with Gasteiger partial charge in [-0.15, -0.1) is 0 Å². The van der Waals surface area contributed by atoms with E-state index in [1.54, 1.807) is 0 Å². The summed E-state index contributed by atoms with van der Waals surface area (Å²) in [6, 6.07) is 0. The first-order valence-electron chi connectivity index (χ1n) is 0. The third-order valence-electron chi connectivity index (χ3n) is 0. The fraction of sp³-hybridized carbons (Fsp3) is 0. The molecule has 58 heavy (non-hydrogen) atoms. The third kappa shape index (κ3) is 3530. The van der Waals surface area contributed by atoms with Crippen LogP contribution in [0, 0.1) is 0 Å². The molecule has 44 N–H and O–H groups in total. The molecule has 0 heterocycles. The Balaban J connectivity index is 0. The monoisotopic (exact) mass is 1460 g/mol. The van der Waals surface area contributed by atoms with Crippen LogP contribution in [0.3, 0.4) is 0 Å². The summed E-state index contributed by atoms with van der Waals surface area (Å²) in [5.74, 6) is 0. The van der Waals surface area contributed by atoms with Gasteiger partial charge >= 0.3 is 142 Å². The molecule has 402 valence electrons. The van der Waals surface area contributed by atoms with E-state index >= 15 is 0 Å². The van der Waals surface area contributed by atoms with Crippen molar-refractivity contribution in [3.63, 3.8) is 0 Å². The standard InChI is InChI=1S/2K.16H2O.28O.10V.2Zn/h;;16*1H2;;;;;;;;;;;;;;;;;;;;;;;;;;;;;;;;;;;;;;;;/q2*+1;;;;;;;;;;;;;;;;;28*-2;;;;;;;;;;;2*+2/p+12. The van der Waals surface area contributed by atoms with E-state index in [-0.39, 0.29) is 568 Å². The maximum absolute atomic E-state index is 0. The average Bonchev–Trinajstić information content (AvgIpc) is 0. The fourth-order valence-electron chi connectivity index (χ4n) is 0. The SMILES string of the molecule is O.O.O.O.[K+].[K+].[O-2].[O-2].[O-2].[O-2].[O-2].[O-2].[O-2].[O-2].[O-2].[O-2].[O-2].[O-2].[O-2].[O-2].[O-2].[O-2].[O-2].[O-2].[O-2].[O-2].[O-2].[O-2].[O-2].[O-2].[O-2].[O-2].[O-2].[O-2].[OH3+].[OH3+].[OH3+].[OH3+].[OH3+].[OH3+].[OH3+].[OH3+].[OH3+].[OH3+].[OH3+].[OH3+].[V].[V].[V].[V].[V].[V].[V].[V].[V].[V].[Zn+2].[Zn+2]. The quantitative estimate of drug-likeness (QED) is 0.161. The van der Waals surface area contributed by atoms with Crippen molar-refractivity contribution in [1.29, 1.82) is 0 Å². The predicted molar refractivity (Wildman–Crippen MR) is 92.1 cm³/mol.